The summed E-state index contributed by atoms with van der Waals surface area (Å²) in [6.07, 6.45) is 2.05. The van der Waals surface area contributed by atoms with Gasteiger partial charge in [0, 0.05) is 11.5 Å². The fourth-order valence-electron chi connectivity index (χ4n) is 6.53. The molecule has 1 fully saturated rings. The second kappa shape index (κ2) is 8.25. The molecule has 5 heteroatoms. The van der Waals surface area contributed by atoms with Crippen molar-refractivity contribution in [1.82, 2.24) is 0 Å². The topological polar surface area (TPSA) is 63.7 Å². The van der Waals surface area contributed by atoms with Crippen molar-refractivity contribution in [3.8, 4) is 5.75 Å². The number of ether oxygens (including phenoxy) is 1. The molecule has 0 spiro atoms. The van der Waals surface area contributed by atoms with Crippen LogP contribution in [-0.2, 0) is 14.4 Å². The number of benzene rings is 4. The highest BCUT2D eigenvalue weighted by Crippen LogP contribution is 2.55. The van der Waals surface area contributed by atoms with Crippen molar-refractivity contribution in [3.05, 3.63) is 113 Å². The Morgan fingerprint density at radius 2 is 1.50 bits per heavy atom. The van der Waals surface area contributed by atoms with E-state index in [2.05, 4.69) is 0 Å². The lowest BCUT2D eigenvalue weighted by Gasteiger charge is -2.38. The highest BCUT2D eigenvalue weighted by atomic mass is 16.5. The average molecular weight is 500 g/mol. The molecule has 4 atom stereocenters. The zero-order chi connectivity index (χ0) is 26.1. The summed E-state index contributed by atoms with van der Waals surface area (Å²) in [6, 6.07) is 27.3. The Bertz CT molecular complexity index is 1700. The first-order valence-corrected chi connectivity index (χ1v) is 12.9. The number of aryl methyl sites for hydroxylation is 2. The molecule has 2 heterocycles. The third-order valence-corrected chi connectivity index (χ3v) is 8.27. The largest absolute Gasteiger partial charge is 0.425 e. The Labute approximate surface area is 220 Å². The molecule has 3 aliphatic rings. The van der Waals surface area contributed by atoms with Gasteiger partial charge < -0.3 is 4.74 Å². The standard InChI is InChI=1S/C33H25NO4/c1-18-12-13-19(2)25(16-18)34-31(35)28-23(20-8-4-3-5-9-20)17-24-27-22-11-7-6-10-21(22)14-15-26(27)38-33(37)29(24)30(28)32(34)36/h3-17,23,28-30H,1-2H3/t23-,28+,29-,30+/m1/s1. The number of nitrogens with zero attached hydrogens (tertiary/aromatic N) is 1. The van der Waals surface area contributed by atoms with Gasteiger partial charge in [0.2, 0.25) is 11.8 Å². The van der Waals surface area contributed by atoms with Crippen LogP contribution in [0.5, 0.6) is 5.75 Å². The van der Waals surface area contributed by atoms with Crippen LogP contribution in [0.4, 0.5) is 5.69 Å². The second-order valence-electron chi connectivity index (χ2n) is 10.5. The summed E-state index contributed by atoms with van der Waals surface area (Å²) in [5.74, 6) is -3.38. The Hall–Kier alpha value is -4.51. The number of hydrogen-bond donors (Lipinski definition) is 0. The molecule has 38 heavy (non-hydrogen) atoms. The quantitative estimate of drug-likeness (QED) is 0.193. The third kappa shape index (κ3) is 3.14. The van der Waals surface area contributed by atoms with Crippen LogP contribution in [0.1, 0.15) is 28.2 Å². The van der Waals surface area contributed by atoms with E-state index in [1.807, 2.05) is 105 Å². The number of fused-ring (bicyclic) bond motifs is 7. The summed E-state index contributed by atoms with van der Waals surface area (Å²) in [5, 5.41) is 1.98. The average Bonchev–Trinajstić information content (AvgIpc) is 3.19. The number of carbonyl (C=O) groups excluding carboxylic acids is 3. The van der Waals surface area contributed by atoms with Gasteiger partial charge >= 0.3 is 5.97 Å². The number of amides is 2. The summed E-state index contributed by atoms with van der Waals surface area (Å²) >= 11 is 0. The molecule has 2 amide bonds. The summed E-state index contributed by atoms with van der Waals surface area (Å²) in [4.78, 5) is 43.3. The minimum absolute atomic E-state index is 0.269. The van der Waals surface area contributed by atoms with Gasteiger partial charge in [0.15, 0.2) is 0 Å². The molecule has 7 rings (SSSR count). The molecule has 0 unspecified atom stereocenters. The van der Waals surface area contributed by atoms with Crippen LogP contribution in [0.2, 0.25) is 0 Å². The van der Waals surface area contributed by atoms with E-state index >= 15 is 0 Å². The molecule has 2 aliphatic heterocycles. The normalized spacial score (nSPS) is 24.0. The molecule has 0 saturated carbocycles. The Balaban J connectivity index is 1.48. The van der Waals surface area contributed by atoms with E-state index < -0.39 is 23.7 Å². The first-order valence-electron chi connectivity index (χ1n) is 12.9. The lowest BCUT2D eigenvalue weighted by molar-refractivity contribution is -0.142. The monoisotopic (exact) mass is 499 g/mol. The number of imide groups is 1. The van der Waals surface area contributed by atoms with E-state index in [-0.39, 0.29) is 17.7 Å². The number of rotatable bonds is 2. The van der Waals surface area contributed by atoms with E-state index in [1.165, 1.54) is 4.90 Å². The SMILES string of the molecule is Cc1ccc(C)c(N2C(=O)[C@@H]3[C@@H]4C(=O)Oc5ccc6ccccc6c5C4=C[C@H](c4ccccc4)[C@@H]3C2=O)c1. The van der Waals surface area contributed by atoms with E-state index in [0.717, 1.165) is 38.6 Å². The number of allylic oxidation sites excluding steroid dienone is 1. The van der Waals surface area contributed by atoms with Gasteiger partial charge in [-0.25, -0.2) is 4.90 Å². The van der Waals surface area contributed by atoms with Crippen molar-refractivity contribution in [1.29, 1.82) is 0 Å². The molecule has 0 bridgehead atoms. The molecule has 186 valence electrons. The fraction of sp³-hybridized carbons (Fsp3) is 0.182. The van der Waals surface area contributed by atoms with Crippen molar-refractivity contribution in [2.75, 3.05) is 4.90 Å². The van der Waals surface area contributed by atoms with Crippen LogP contribution in [0.15, 0.2) is 91.0 Å². The van der Waals surface area contributed by atoms with Gasteiger partial charge in [0.25, 0.3) is 0 Å². The van der Waals surface area contributed by atoms with E-state index in [4.69, 9.17) is 4.74 Å². The first-order chi connectivity index (χ1) is 18.4. The molecule has 1 aliphatic carbocycles. The maximum atomic E-state index is 14.2. The number of anilines is 1. The van der Waals surface area contributed by atoms with Gasteiger partial charge in [-0.2, -0.15) is 0 Å². The van der Waals surface area contributed by atoms with Gasteiger partial charge in [-0.15, -0.1) is 0 Å². The fourth-order valence-corrected chi connectivity index (χ4v) is 6.53. The van der Waals surface area contributed by atoms with E-state index in [1.54, 1.807) is 0 Å². The molecular weight excluding hydrogens is 474 g/mol. The number of carbonyl (C=O) groups is 3. The maximum Gasteiger partial charge on any atom is 0.319 e. The van der Waals surface area contributed by atoms with Gasteiger partial charge in [0.05, 0.1) is 23.4 Å². The van der Waals surface area contributed by atoms with Crippen molar-refractivity contribution < 1.29 is 19.1 Å². The predicted molar refractivity (Wildman–Crippen MR) is 146 cm³/mol. The molecule has 4 aromatic rings. The van der Waals surface area contributed by atoms with Gasteiger partial charge in [-0.3, -0.25) is 14.4 Å². The summed E-state index contributed by atoms with van der Waals surface area (Å²) in [6.45, 7) is 3.83. The van der Waals surface area contributed by atoms with Crippen LogP contribution >= 0.6 is 0 Å². The Morgan fingerprint density at radius 3 is 2.32 bits per heavy atom. The zero-order valence-corrected chi connectivity index (χ0v) is 21.0. The first kappa shape index (κ1) is 22.7. The van der Waals surface area contributed by atoms with Crippen LogP contribution in [0, 0.1) is 31.6 Å². The van der Waals surface area contributed by atoms with Gasteiger partial charge in [-0.1, -0.05) is 78.9 Å². The Morgan fingerprint density at radius 1 is 0.763 bits per heavy atom. The summed E-state index contributed by atoms with van der Waals surface area (Å²) < 4.78 is 5.86. The molecule has 1 saturated heterocycles. The highest BCUT2D eigenvalue weighted by molar-refractivity contribution is 6.25. The minimum Gasteiger partial charge on any atom is -0.425 e. The van der Waals surface area contributed by atoms with Crippen LogP contribution in [-0.4, -0.2) is 17.8 Å². The summed E-state index contributed by atoms with van der Waals surface area (Å²) in [7, 11) is 0. The molecule has 0 N–H and O–H groups in total. The molecular formula is C33H25NO4. The predicted octanol–water partition coefficient (Wildman–Crippen LogP) is 5.98. The zero-order valence-electron chi connectivity index (χ0n) is 21.0. The van der Waals surface area contributed by atoms with Crippen molar-refractivity contribution in [2.45, 2.75) is 19.8 Å². The van der Waals surface area contributed by atoms with Crippen molar-refractivity contribution in [2.24, 2.45) is 17.8 Å². The minimum atomic E-state index is -0.857. The number of esters is 1. The van der Waals surface area contributed by atoms with Crippen LogP contribution in [0.25, 0.3) is 16.3 Å². The van der Waals surface area contributed by atoms with Gasteiger partial charge in [-0.05, 0) is 59.0 Å². The molecule has 0 aromatic heterocycles. The van der Waals surface area contributed by atoms with Crippen LogP contribution < -0.4 is 9.64 Å². The molecule has 0 radical (unpaired) electrons. The van der Waals surface area contributed by atoms with Crippen LogP contribution in [0.3, 0.4) is 0 Å². The maximum absolute atomic E-state index is 14.2. The van der Waals surface area contributed by atoms with E-state index in [0.29, 0.717) is 11.4 Å². The highest BCUT2D eigenvalue weighted by Gasteiger charge is 2.60. The molecule has 4 aromatic carbocycles. The lowest BCUT2D eigenvalue weighted by atomic mass is 9.64. The second-order valence-corrected chi connectivity index (χ2v) is 10.5. The third-order valence-electron chi connectivity index (χ3n) is 8.27. The lowest BCUT2D eigenvalue weighted by Crippen LogP contribution is -2.42. The van der Waals surface area contributed by atoms with Crippen molar-refractivity contribution >= 4 is 39.8 Å². The van der Waals surface area contributed by atoms with Crippen molar-refractivity contribution in [3.63, 3.8) is 0 Å². The van der Waals surface area contributed by atoms with Gasteiger partial charge in [0.1, 0.15) is 5.75 Å². The Kier molecular flexibility index (Phi) is 4.92. The molecule has 5 nitrogen and oxygen atoms in total. The number of hydrogen-bond acceptors (Lipinski definition) is 4. The summed E-state index contributed by atoms with van der Waals surface area (Å²) in [5.41, 5.74) is 4.92. The van der Waals surface area contributed by atoms with E-state index in [9.17, 15) is 14.4 Å². The smallest absolute Gasteiger partial charge is 0.319 e.